The number of aryl methyl sites for hydroxylation is 2. The summed E-state index contributed by atoms with van der Waals surface area (Å²) >= 11 is 0. The van der Waals surface area contributed by atoms with E-state index in [2.05, 4.69) is 24.0 Å². The first-order valence-corrected chi connectivity index (χ1v) is 4.82. The van der Waals surface area contributed by atoms with Crippen LogP contribution in [0.3, 0.4) is 0 Å². The van der Waals surface area contributed by atoms with Crippen molar-refractivity contribution in [1.29, 1.82) is 0 Å². The molecular weight excluding hydrogens is 162 g/mol. The lowest BCUT2D eigenvalue weighted by molar-refractivity contribution is 0.247. The Morgan fingerprint density at radius 2 is 2.23 bits per heavy atom. The maximum atomic E-state index is 6.21. The highest BCUT2D eigenvalue weighted by Crippen LogP contribution is 2.42. The summed E-state index contributed by atoms with van der Waals surface area (Å²) in [4.78, 5) is 0. The molecule has 1 heterocycles. The van der Waals surface area contributed by atoms with Crippen molar-refractivity contribution in [2.45, 2.75) is 39.7 Å². The summed E-state index contributed by atoms with van der Waals surface area (Å²) in [5, 5.41) is 7.28. The number of fused-ring (bicyclic) bond motifs is 1. The van der Waals surface area contributed by atoms with Crippen LogP contribution in [0, 0.1) is 12.3 Å². The van der Waals surface area contributed by atoms with Crippen LogP contribution < -0.4 is 5.73 Å². The maximum Gasteiger partial charge on any atom is 0.0673 e. The zero-order valence-corrected chi connectivity index (χ0v) is 8.52. The number of hydrogen-bond acceptors (Lipinski definition) is 2. The van der Waals surface area contributed by atoms with Crippen molar-refractivity contribution >= 4 is 0 Å². The summed E-state index contributed by atoms with van der Waals surface area (Å²) in [5.74, 6) is 0. The fraction of sp³-hybridized carbons (Fsp3) is 0.700. The molecule has 0 aliphatic heterocycles. The number of nitrogens with one attached hydrogen (secondary N) is 1. The predicted octanol–water partition coefficient (Wildman–Crippen LogP) is 1.69. The van der Waals surface area contributed by atoms with Crippen LogP contribution >= 0.6 is 0 Å². The average molecular weight is 179 g/mol. The summed E-state index contributed by atoms with van der Waals surface area (Å²) in [6, 6.07) is 0.134. The predicted molar refractivity (Wildman–Crippen MR) is 52.4 cm³/mol. The molecule has 0 spiro atoms. The van der Waals surface area contributed by atoms with E-state index >= 15 is 0 Å². The third kappa shape index (κ3) is 1.18. The van der Waals surface area contributed by atoms with Gasteiger partial charge in [-0.25, -0.2) is 0 Å². The minimum Gasteiger partial charge on any atom is -0.323 e. The third-order valence-corrected chi connectivity index (χ3v) is 3.23. The monoisotopic (exact) mass is 179 g/mol. The Labute approximate surface area is 78.7 Å². The number of nitrogens with two attached hydrogens (primary N) is 1. The van der Waals surface area contributed by atoms with Crippen molar-refractivity contribution in [2.75, 3.05) is 0 Å². The average Bonchev–Trinajstić information content (AvgIpc) is 2.41. The molecule has 0 fully saturated rings. The van der Waals surface area contributed by atoms with Crippen LogP contribution in [-0.4, -0.2) is 10.2 Å². The van der Waals surface area contributed by atoms with Crippen LogP contribution in [0.25, 0.3) is 0 Å². The molecule has 13 heavy (non-hydrogen) atoms. The number of aromatic amines is 1. The first-order valence-electron chi connectivity index (χ1n) is 4.82. The summed E-state index contributed by atoms with van der Waals surface area (Å²) in [6.07, 6.45) is 2.19. The Balaban J connectivity index is 2.49. The first-order chi connectivity index (χ1) is 6.02. The van der Waals surface area contributed by atoms with Gasteiger partial charge in [0, 0.05) is 17.3 Å². The normalized spacial score (nSPS) is 25.7. The van der Waals surface area contributed by atoms with Crippen LogP contribution in [0.1, 0.15) is 43.3 Å². The molecule has 3 N–H and O–H groups in total. The lowest BCUT2D eigenvalue weighted by Crippen LogP contribution is -2.34. The van der Waals surface area contributed by atoms with Gasteiger partial charge in [-0.2, -0.15) is 5.10 Å². The molecule has 3 nitrogen and oxygen atoms in total. The maximum absolute atomic E-state index is 6.21. The lowest BCUT2D eigenvalue weighted by Gasteiger charge is -2.35. The number of nitrogens with zero attached hydrogens (tertiary/aromatic N) is 1. The van der Waals surface area contributed by atoms with E-state index in [1.807, 2.05) is 6.92 Å². The Hall–Kier alpha value is -0.830. The van der Waals surface area contributed by atoms with Crippen LogP contribution in [0.4, 0.5) is 0 Å². The van der Waals surface area contributed by atoms with Crippen molar-refractivity contribution in [1.82, 2.24) is 10.2 Å². The minimum atomic E-state index is 0.134. The van der Waals surface area contributed by atoms with Gasteiger partial charge in [0.25, 0.3) is 0 Å². The SMILES string of the molecule is Cc1[nH]nc2c1C(N)C(C)(C)CC2. The summed E-state index contributed by atoms with van der Waals surface area (Å²) in [7, 11) is 0. The third-order valence-electron chi connectivity index (χ3n) is 3.23. The summed E-state index contributed by atoms with van der Waals surface area (Å²) in [5.41, 5.74) is 9.97. The van der Waals surface area contributed by atoms with E-state index in [1.165, 1.54) is 11.3 Å². The standard InChI is InChI=1S/C10H17N3/c1-6-8-7(13-12-6)4-5-10(2,3)9(8)11/h9H,4-5,11H2,1-3H3,(H,12,13). The number of H-pyrrole nitrogens is 1. The highest BCUT2D eigenvalue weighted by Gasteiger charge is 2.35. The minimum absolute atomic E-state index is 0.134. The van der Waals surface area contributed by atoms with E-state index in [0.29, 0.717) is 0 Å². The van der Waals surface area contributed by atoms with Gasteiger partial charge in [0.2, 0.25) is 0 Å². The lowest BCUT2D eigenvalue weighted by atomic mass is 9.72. The van der Waals surface area contributed by atoms with Crippen molar-refractivity contribution in [2.24, 2.45) is 11.1 Å². The van der Waals surface area contributed by atoms with Crippen molar-refractivity contribution in [3.8, 4) is 0 Å². The molecule has 1 aliphatic rings. The van der Waals surface area contributed by atoms with Crippen LogP contribution in [0.2, 0.25) is 0 Å². The van der Waals surface area contributed by atoms with E-state index in [4.69, 9.17) is 5.73 Å². The number of hydrogen-bond donors (Lipinski definition) is 2. The fourth-order valence-corrected chi connectivity index (χ4v) is 2.08. The van der Waals surface area contributed by atoms with E-state index in [-0.39, 0.29) is 11.5 Å². The van der Waals surface area contributed by atoms with Crippen LogP contribution in [-0.2, 0) is 6.42 Å². The second kappa shape index (κ2) is 2.58. The van der Waals surface area contributed by atoms with Gasteiger partial charge < -0.3 is 5.73 Å². The Morgan fingerprint density at radius 3 is 2.92 bits per heavy atom. The van der Waals surface area contributed by atoms with Gasteiger partial charge in [0.05, 0.1) is 5.69 Å². The summed E-state index contributed by atoms with van der Waals surface area (Å²) in [6.45, 7) is 6.51. The van der Waals surface area contributed by atoms with Gasteiger partial charge in [-0.3, -0.25) is 5.10 Å². The highest BCUT2D eigenvalue weighted by atomic mass is 15.1. The molecular formula is C10H17N3. The molecule has 2 rings (SSSR count). The zero-order valence-electron chi connectivity index (χ0n) is 8.52. The molecule has 0 radical (unpaired) electrons. The molecule has 0 amide bonds. The van der Waals surface area contributed by atoms with E-state index in [1.54, 1.807) is 0 Å². The van der Waals surface area contributed by atoms with Crippen molar-refractivity contribution in [3.63, 3.8) is 0 Å². The van der Waals surface area contributed by atoms with Crippen LogP contribution in [0.5, 0.6) is 0 Å². The van der Waals surface area contributed by atoms with E-state index in [9.17, 15) is 0 Å². The van der Waals surface area contributed by atoms with Gasteiger partial charge in [-0.1, -0.05) is 13.8 Å². The topological polar surface area (TPSA) is 54.7 Å². The molecule has 1 atom stereocenters. The van der Waals surface area contributed by atoms with Crippen molar-refractivity contribution in [3.05, 3.63) is 17.0 Å². The molecule has 0 aromatic carbocycles. The van der Waals surface area contributed by atoms with Crippen LogP contribution in [0.15, 0.2) is 0 Å². The number of aromatic nitrogens is 2. The van der Waals surface area contributed by atoms with Gasteiger partial charge in [0.1, 0.15) is 0 Å². The molecule has 0 saturated heterocycles. The zero-order chi connectivity index (χ0) is 9.64. The summed E-state index contributed by atoms with van der Waals surface area (Å²) < 4.78 is 0. The molecule has 1 unspecified atom stereocenters. The molecule has 0 bridgehead atoms. The van der Waals surface area contributed by atoms with Gasteiger partial charge in [0.15, 0.2) is 0 Å². The van der Waals surface area contributed by atoms with Gasteiger partial charge >= 0.3 is 0 Å². The Morgan fingerprint density at radius 1 is 1.54 bits per heavy atom. The Kier molecular flexibility index (Phi) is 1.74. The largest absolute Gasteiger partial charge is 0.323 e. The smallest absolute Gasteiger partial charge is 0.0673 e. The number of rotatable bonds is 0. The molecule has 1 aromatic rings. The molecule has 3 heteroatoms. The fourth-order valence-electron chi connectivity index (χ4n) is 2.08. The van der Waals surface area contributed by atoms with E-state index < -0.39 is 0 Å². The van der Waals surface area contributed by atoms with Crippen molar-refractivity contribution < 1.29 is 0 Å². The first kappa shape index (κ1) is 8.75. The second-order valence-corrected chi connectivity index (χ2v) is 4.68. The Bertz CT molecular complexity index is 325. The van der Waals surface area contributed by atoms with Gasteiger partial charge in [-0.15, -0.1) is 0 Å². The van der Waals surface area contributed by atoms with E-state index in [0.717, 1.165) is 18.5 Å². The molecule has 1 aliphatic carbocycles. The second-order valence-electron chi connectivity index (χ2n) is 4.68. The molecule has 72 valence electrons. The van der Waals surface area contributed by atoms with Gasteiger partial charge in [-0.05, 0) is 25.2 Å². The highest BCUT2D eigenvalue weighted by molar-refractivity contribution is 5.32. The molecule has 0 saturated carbocycles. The molecule has 1 aromatic heterocycles. The quantitative estimate of drug-likeness (QED) is 0.636.